The van der Waals surface area contributed by atoms with Crippen LogP contribution in [-0.2, 0) is 34.0 Å². The number of rotatable bonds is 6. The van der Waals surface area contributed by atoms with Crippen molar-refractivity contribution in [3.63, 3.8) is 0 Å². The van der Waals surface area contributed by atoms with Crippen LogP contribution in [0, 0.1) is 0 Å². The standard InChI is InChI=1S/C9H20O7S2Si/c1-19(2,3)16-18(12,13)15-9-6-4-5-8(7-9)14-17(10)11/h8-9H,4-7H2,1-3H3,(H,10,11)/p-1. The van der Waals surface area contributed by atoms with E-state index < -0.39 is 42.3 Å². The Hall–Kier alpha value is 0.157. The third-order valence-electron chi connectivity index (χ3n) is 2.40. The van der Waals surface area contributed by atoms with Gasteiger partial charge in [-0.3, -0.25) is 8.06 Å². The molecule has 1 rings (SSSR count). The molecule has 0 radical (unpaired) electrons. The van der Waals surface area contributed by atoms with Crippen LogP contribution in [-0.4, -0.2) is 37.7 Å². The monoisotopic (exact) mass is 331 g/mol. The minimum absolute atomic E-state index is 0.224. The van der Waals surface area contributed by atoms with Gasteiger partial charge in [0.25, 0.3) is 0 Å². The second kappa shape index (κ2) is 6.74. The predicted molar refractivity (Wildman–Crippen MR) is 70.5 cm³/mol. The van der Waals surface area contributed by atoms with E-state index >= 15 is 0 Å². The molecule has 1 fully saturated rings. The Labute approximate surface area is 117 Å². The molecule has 19 heavy (non-hydrogen) atoms. The van der Waals surface area contributed by atoms with Gasteiger partial charge in [-0.2, -0.15) is 8.42 Å². The second-order valence-electron chi connectivity index (χ2n) is 5.41. The zero-order valence-corrected chi connectivity index (χ0v) is 13.8. The Kier molecular flexibility index (Phi) is 6.11. The van der Waals surface area contributed by atoms with Gasteiger partial charge in [0.1, 0.15) is 0 Å². The minimum atomic E-state index is -4.04. The maximum atomic E-state index is 11.7. The summed E-state index contributed by atoms with van der Waals surface area (Å²) in [4.78, 5) is 0. The van der Waals surface area contributed by atoms with Crippen LogP contribution in [0.1, 0.15) is 25.7 Å². The van der Waals surface area contributed by atoms with Crippen molar-refractivity contribution in [3.8, 4) is 0 Å². The van der Waals surface area contributed by atoms with Gasteiger partial charge in [0.05, 0.1) is 23.6 Å². The first-order chi connectivity index (χ1) is 8.57. The lowest BCUT2D eigenvalue weighted by Gasteiger charge is -2.29. The van der Waals surface area contributed by atoms with Crippen molar-refractivity contribution in [2.24, 2.45) is 0 Å². The fraction of sp³-hybridized carbons (Fsp3) is 1.00. The van der Waals surface area contributed by atoms with Crippen LogP contribution >= 0.6 is 0 Å². The van der Waals surface area contributed by atoms with Gasteiger partial charge in [0, 0.05) is 6.42 Å². The maximum absolute atomic E-state index is 11.7. The Balaban J connectivity index is 2.54. The van der Waals surface area contributed by atoms with E-state index in [0.717, 1.165) is 0 Å². The molecule has 0 aromatic rings. The van der Waals surface area contributed by atoms with Gasteiger partial charge in [-0.25, -0.2) is 8.39 Å². The van der Waals surface area contributed by atoms with E-state index in [1.165, 1.54) is 0 Å². The summed E-state index contributed by atoms with van der Waals surface area (Å²) in [5, 5.41) is 0. The molecule has 0 aromatic carbocycles. The molecule has 0 aliphatic heterocycles. The molecule has 0 bridgehead atoms. The van der Waals surface area contributed by atoms with Gasteiger partial charge in [0.2, 0.25) is 8.32 Å². The van der Waals surface area contributed by atoms with Crippen LogP contribution in [0.4, 0.5) is 0 Å². The minimum Gasteiger partial charge on any atom is -0.750 e. The van der Waals surface area contributed by atoms with Gasteiger partial charge in [0.15, 0.2) is 0 Å². The molecule has 3 unspecified atom stereocenters. The first-order valence-corrected chi connectivity index (χ1v) is 11.7. The zero-order chi connectivity index (χ0) is 14.7. The highest BCUT2D eigenvalue weighted by Gasteiger charge is 2.31. The van der Waals surface area contributed by atoms with Gasteiger partial charge in [-0.1, -0.05) is 0 Å². The van der Waals surface area contributed by atoms with E-state index in [1.54, 1.807) is 19.6 Å². The molecule has 1 aliphatic carbocycles. The van der Waals surface area contributed by atoms with Gasteiger partial charge >= 0.3 is 10.4 Å². The molecule has 7 nitrogen and oxygen atoms in total. The Morgan fingerprint density at radius 2 is 1.79 bits per heavy atom. The summed E-state index contributed by atoms with van der Waals surface area (Å²) in [5.74, 6) is 0. The highest BCUT2D eigenvalue weighted by atomic mass is 32.3. The topological polar surface area (TPSA) is 102 Å². The van der Waals surface area contributed by atoms with Crippen molar-refractivity contribution in [1.29, 1.82) is 0 Å². The Morgan fingerprint density at radius 1 is 1.21 bits per heavy atom. The smallest absolute Gasteiger partial charge is 0.390 e. The molecule has 10 heteroatoms. The molecular weight excluding hydrogens is 312 g/mol. The van der Waals surface area contributed by atoms with Gasteiger partial charge < -0.3 is 4.55 Å². The van der Waals surface area contributed by atoms with Gasteiger partial charge in [-0.15, -0.1) is 0 Å². The Bertz CT molecular complexity index is 417. The van der Waals surface area contributed by atoms with Gasteiger partial charge in [-0.05, 0) is 38.9 Å². The first-order valence-electron chi connectivity index (χ1n) is 5.98. The van der Waals surface area contributed by atoms with Crippen molar-refractivity contribution >= 4 is 30.1 Å². The average Bonchev–Trinajstić information content (AvgIpc) is 2.11. The highest BCUT2D eigenvalue weighted by Crippen LogP contribution is 2.26. The third-order valence-corrected chi connectivity index (χ3v) is 6.15. The molecule has 1 aliphatic rings. The predicted octanol–water partition coefficient (Wildman–Crippen LogP) is 1.22. The summed E-state index contributed by atoms with van der Waals surface area (Å²) in [6.45, 7) is 5.21. The SMILES string of the molecule is C[Si](C)(C)OS(=O)(=O)OC1CCCC(OS(=O)[O-])C1. The fourth-order valence-corrected chi connectivity index (χ4v) is 5.39. The average molecular weight is 331 g/mol. The van der Waals surface area contributed by atoms with E-state index in [0.29, 0.717) is 19.3 Å². The molecule has 0 N–H and O–H groups in total. The fourth-order valence-electron chi connectivity index (χ4n) is 1.88. The summed E-state index contributed by atoms with van der Waals surface area (Å²) in [5.41, 5.74) is 0. The summed E-state index contributed by atoms with van der Waals surface area (Å²) in [7, 11) is -6.30. The maximum Gasteiger partial charge on any atom is 0.390 e. The quantitative estimate of drug-likeness (QED) is 0.532. The summed E-state index contributed by atoms with van der Waals surface area (Å²) in [6, 6.07) is 0. The first kappa shape index (κ1) is 17.2. The van der Waals surface area contributed by atoms with E-state index in [4.69, 9.17) is 8.06 Å². The lowest BCUT2D eigenvalue weighted by atomic mass is 9.95. The summed E-state index contributed by atoms with van der Waals surface area (Å²) >= 11 is -2.60. The normalized spacial score (nSPS) is 27.2. The van der Waals surface area contributed by atoms with E-state index in [-0.39, 0.29) is 6.42 Å². The summed E-state index contributed by atoms with van der Waals surface area (Å²) in [6.07, 6.45) is 0.863. The second-order valence-corrected chi connectivity index (χ2v) is 11.9. The van der Waals surface area contributed by atoms with E-state index in [2.05, 4.69) is 4.18 Å². The lowest BCUT2D eigenvalue weighted by molar-refractivity contribution is 0.0676. The third kappa shape index (κ3) is 7.49. The summed E-state index contributed by atoms with van der Waals surface area (Å²) < 4.78 is 58.8. The molecule has 0 aromatic heterocycles. The van der Waals surface area contributed by atoms with Crippen LogP contribution in [0.3, 0.4) is 0 Å². The van der Waals surface area contributed by atoms with Crippen molar-refractivity contribution in [1.82, 2.24) is 0 Å². The van der Waals surface area contributed by atoms with Crippen LogP contribution in [0.25, 0.3) is 0 Å². The lowest BCUT2D eigenvalue weighted by Crippen LogP contribution is -2.35. The van der Waals surface area contributed by atoms with E-state index in [1.807, 2.05) is 0 Å². The molecule has 0 spiro atoms. The van der Waals surface area contributed by atoms with Crippen molar-refractivity contribution in [3.05, 3.63) is 0 Å². The molecule has 1 saturated carbocycles. The highest BCUT2D eigenvalue weighted by molar-refractivity contribution is 7.83. The molecule has 0 saturated heterocycles. The number of hydrogen-bond acceptors (Lipinski definition) is 7. The van der Waals surface area contributed by atoms with Crippen LogP contribution in [0.15, 0.2) is 0 Å². The van der Waals surface area contributed by atoms with Crippen LogP contribution in [0.5, 0.6) is 0 Å². The Morgan fingerprint density at radius 3 is 2.32 bits per heavy atom. The van der Waals surface area contributed by atoms with Crippen molar-refractivity contribution in [2.75, 3.05) is 0 Å². The van der Waals surface area contributed by atoms with Crippen molar-refractivity contribution < 1.29 is 29.4 Å². The van der Waals surface area contributed by atoms with Crippen LogP contribution in [0.2, 0.25) is 19.6 Å². The van der Waals surface area contributed by atoms with E-state index in [9.17, 15) is 17.2 Å². The molecule has 114 valence electrons. The molecule has 0 amide bonds. The zero-order valence-electron chi connectivity index (χ0n) is 11.2. The van der Waals surface area contributed by atoms with Crippen molar-refractivity contribution in [2.45, 2.75) is 57.5 Å². The number of hydrogen-bond donors (Lipinski definition) is 0. The molecular formula is C9H19O7S2Si-. The van der Waals surface area contributed by atoms with Crippen LogP contribution < -0.4 is 0 Å². The molecule has 0 heterocycles. The largest absolute Gasteiger partial charge is 0.750 e. The molecule has 3 atom stereocenters.